The second-order valence-corrected chi connectivity index (χ2v) is 2.02. The molecule has 0 aromatic rings. The van der Waals surface area contributed by atoms with Crippen molar-refractivity contribution in [3.8, 4) is 0 Å². The third-order valence-electron chi connectivity index (χ3n) is 0.223. The Morgan fingerprint density at radius 1 is 1.40 bits per heavy atom. The molecule has 0 heterocycles. The zero-order valence-electron chi connectivity index (χ0n) is 4.88. The molecule has 62 valence electrons. The van der Waals surface area contributed by atoms with Crippen LogP contribution in [0.2, 0.25) is 0 Å². The standard InChI is InChI=1S/C2H4O5S.H2O2/c1-2(3)7-8(4,5)6;1-2/h1H3,(H,4,5,6);1-2H. The molecule has 0 atom stereocenters. The molecule has 0 aliphatic rings. The van der Waals surface area contributed by atoms with Gasteiger partial charge in [0, 0.05) is 6.92 Å². The van der Waals surface area contributed by atoms with Crippen LogP contribution in [0.25, 0.3) is 0 Å². The van der Waals surface area contributed by atoms with Crippen molar-refractivity contribution in [3.05, 3.63) is 0 Å². The summed E-state index contributed by atoms with van der Waals surface area (Å²) in [6.07, 6.45) is 0. The Hall–Kier alpha value is -0.700. The molecule has 0 rings (SSSR count). The van der Waals surface area contributed by atoms with Crippen molar-refractivity contribution in [2.45, 2.75) is 6.92 Å². The lowest BCUT2D eigenvalue weighted by molar-refractivity contribution is -0.176. The minimum atomic E-state index is -4.57. The normalized spacial score (nSPS) is 9.20. The Bertz CT molecular complexity index is 178. The highest BCUT2D eigenvalue weighted by Crippen LogP contribution is 1.84. The number of hydrogen-bond donors (Lipinski definition) is 3. The van der Waals surface area contributed by atoms with Crippen LogP contribution >= 0.6 is 0 Å². The number of carbonyl (C=O) groups is 1. The smallest absolute Gasteiger partial charge is 0.325 e. The highest BCUT2D eigenvalue weighted by molar-refractivity contribution is 7.81. The fourth-order valence-corrected chi connectivity index (χ4v) is 0.445. The van der Waals surface area contributed by atoms with Crippen LogP contribution in [0.3, 0.4) is 0 Å². The predicted molar refractivity (Wildman–Crippen MR) is 28.6 cm³/mol. The van der Waals surface area contributed by atoms with E-state index in [-0.39, 0.29) is 0 Å². The summed E-state index contributed by atoms with van der Waals surface area (Å²) in [5.74, 6) is -1.06. The lowest BCUT2D eigenvalue weighted by Crippen LogP contribution is -2.07. The molecule has 0 aliphatic heterocycles. The molecule has 0 fully saturated rings. The summed E-state index contributed by atoms with van der Waals surface area (Å²) in [5.41, 5.74) is 0. The summed E-state index contributed by atoms with van der Waals surface area (Å²) < 4.78 is 30.2. The number of rotatable bonds is 1. The van der Waals surface area contributed by atoms with E-state index in [1.54, 1.807) is 0 Å². The summed E-state index contributed by atoms with van der Waals surface area (Å²) in [7, 11) is -4.57. The fraction of sp³-hybridized carbons (Fsp3) is 0.500. The SMILES string of the molecule is CC(=O)OS(=O)(=O)O.OO. The first-order valence-electron chi connectivity index (χ1n) is 1.79. The zero-order valence-corrected chi connectivity index (χ0v) is 5.70. The predicted octanol–water partition coefficient (Wildman–Crippen LogP) is -0.630. The molecule has 0 bridgehead atoms. The molecule has 10 heavy (non-hydrogen) atoms. The van der Waals surface area contributed by atoms with Crippen molar-refractivity contribution < 1.29 is 32.5 Å². The molecule has 8 heteroatoms. The fourth-order valence-electron chi connectivity index (χ4n) is 0.148. The topological polar surface area (TPSA) is 121 Å². The maximum atomic E-state index is 9.70. The van der Waals surface area contributed by atoms with Crippen LogP contribution in [-0.4, -0.2) is 29.5 Å². The van der Waals surface area contributed by atoms with Gasteiger partial charge < -0.3 is 4.18 Å². The van der Waals surface area contributed by atoms with E-state index in [0.717, 1.165) is 6.92 Å². The summed E-state index contributed by atoms with van der Waals surface area (Å²) >= 11 is 0. The largest absolute Gasteiger partial charge is 0.448 e. The van der Waals surface area contributed by atoms with E-state index in [1.807, 2.05) is 0 Å². The van der Waals surface area contributed by atoms with Gasteiger partial charge in [0.05, 0.1) is 0 Å². The molecule has 0 amide bonds. The van der Waals surface area contributed by atoms with Gasteiger partial charge in [-0.25, -0.2) is 0 Å². The van der Waals surface area contributed by atoms with E-state index < -0.39 is 16.4 Å². The van der Waals surface area contributed by atoms with Crippen molar-refractivity contribution in [1.29, 1.82) is 0 Å². The Balaban J connectivity index is 0. The molecule has 3 N–H and O–H groups in total. The van der Waals surface area contributed by atoms with E-state index in [9.17, 15) is 13.2 Å². The van der Waals surface area contributed by atoms with Crippen molar-refractivity contribution >= 4 is 16.4 Å². The summed E-state index contributed by atoms with van der Waals surface area (Å²) in [6, 6.07) is 0. The van der Waals surface area contributed by atoms with Gasteiger partial charge in [-0.3, -0.25) is 19.9 Å². The Morgan fingerprint density at radius 3 is 1.70 bits per heavy atom. The third-order valence-corrected chi connectivity index (χ3v) is 0.668. The van der Waals surface area contributed by atoms with Crippen LogP contribution in [0.5, 0.6) is 0 Å². The van der Waals surface area contributed by atoms with Gasteiger partial charge in [0.15, 0.2) is 0 Å². The van der Waals surface area contributed by atoms with E-state index in [0.29, 0.717) is 0 Å². The minimum absolute atomic E-state index is 0.869. The zero-order chi connectivity index (χ0) is 8.78. The van der Waals surface area contributed by atoms with Crippen LogP contribution < -0.4 is 0 Å². The Morgan fingerprint density at radius 2 is 1.70 bits per heavy atom. The first kappa shape index (κ1) is 12.0. The highest BCUT2D eigenvalue weighted by atomic mass is 32.3. The Labute approximate surface area is 56.7 Å². The quantitative estimate of drug-likeness (QED) is 0.275. The molecule has 0 saturated heterocycles. The van der Waals surface area contributed by atoms with Gasteiger partial charge in [-0.05, 0) is 0 Å². The maximum Gasteiger partial charge on any atom is 0.448 e. The van der Waals surface area contributed by atoms with Crippen molar-refractivity contribution in [1.82, 2.24) is 0 Å². The van der Waals surface area contributed by atoms with Gasteiger partial charge >= 0.3 is 16.4 Å². The van der Waals surface area contributed by atoms with Crippen LogP contribution in [0.4, 0.5) is 0 Å². The van der Waals surface area contributed by atoms with E-state index in [1.165, 1.54) is 0 Å². The Kier molecular flexibility index (Phi) is 6.15. The minimum Gasteiger partial charge on any atom is -0.325 e. The molecular formula is C2H6O7S. The average molecular weight is 174 g/mol. The van der Waals surface area contributed by atoms with Crippen molar-refractivity contribution in [2.75, 3.05) is 0 Å². The van der Waals surface area contributed by atoms with E-state index in [4.69, 9.17) is 15.1 Å². The third kappa shape index (κ3) is 15.7. The lowest BCUT2D eigenvalue weighted by atomic mass is 10.9. The summed E-state index contributed by atoms with van der Waals surface area (Å²) in [5, 5.41) is 12.0. The number of hydrogen-bond acceptors (Lipinski definition) is 6. The van der Waals surface area contributed by atoms with Crippen LogP contribution in [0, 0.1) is 0 Å². The monoisotopic (exact) mass is 174 g/mol. The van der Waals surface area contributed by atoms with Gasteiger partial charge in [0.1, 0.15) is 0 Å². The molecule has 0 saturated carbocycles. The highest BCUT2D eigenvalue weighted by Gasteiger charge is 2.06. The van der Waals surface area contributed by atoms with Gasteiger partial charge in [-0.1, -0.05) is 0 Å². The van der Waals surface area contributed by atoms with Crippen molar-refractivity contribution in [2.24, 2.45) is 0 Å². The van der Waals surface area contributed by atoms with Crippen molar-refractivity contribution in [3.63, 3.8) is 0 Å². The van der Waals surface area contributed by atoms with E-state index in [2.05, 4.69) is 4.18 Å². The molecular weight excluding hydrogens is 168 g/mol. The van der Waals surface area contributed by atoms with E-state index >= 15 is 0 Å². The first-order valence-corrected chi connectivity index (χ1v) is 3.16. The molecule has 0 aromatic heterocycles. The van der Waals surface area contributed by atoms with Gasteiger partial charge in [-0.15, -0.1) is 0 Å². The summed E-state index contributed by atoms with van der Waals surface area (Å²) in [6.45, 7) is 0.869. The molecule has 0 radical (unpaired) electrons. The second-order valence-electron chi connectivity index (χ2n) is 1.00. The number of carbonyl (C=O) groups excluding carboxylic acids is 1. The van der Waals surface area contributed by atoms with Crippen LogP contribution in [0.15, 0.2) is 0 Å². The first-order chi connectivity index (χ1) is 4.42. The molecule has 0 aromatic carbocycles. The molecule has 0 aliphatic carbocycles. The molecule has 7 nitrogen and oxygen atoms in total. The van der Waals surface area contributed by atoms with Gasteiger partial charge in [-0.2, -0.15) is 8.42 Å². The van der Waals surface area contributed by atoms with Gasteiger partial charge in [0.25, 0.3) is 0 Å². The molecule has 0 spiro atoms. The second kappa shape index (κ2) is 5.11. The lowest BCUT2D eigenvalue weighted by Gasteiger charge is -1.90. The van der Waals surface area contributed by atoms with Crippen LogP contribution in [0.1, 0.15) is 6.92 Å². The van der Waals surface area contributed by atoms with Crippen LogP contribution in [-0.2, 0) is 19.4 Å². The van der Waals surface area contributed by atoms with Gasteiger partial charge in [0.2, 0.25) is 0 Å². The average Bonchev–Trinajstić information content (AvgIpc) is 1.64. The molecule has 0 unspecified atom stereocenters. The summed E-state index contributed by atoms with van der Waals surface area (Å²) in [4.78, 5) is 9.70. The maximum absolute atomic E-state index is 9.70.